The van der Waals surface area contributed by atoms with Crippen molar-refractivity contribution in [2.24, 2.45) is 0 Å². The average Bonchev–Trinajstić information content (AvgIpc) is 2.70. The summed E-state index contributed by atoms with van der Waals surface area (Å²) in [4.78, 5) is 4.96. The number of anilines is 3. The average molecular weight is 415 g/mol. The van der Waals surface area contributed by atoms with E-state index >= 15 is 0 Å². The number of aryl methyl sites for hydroxylation is 1. The smallest absolute Gasteiger partial charge is 0.0727 e. The number of pyridine rings is 1. The van der Waals surface area contributed by atoms with Crippen molar-refractivity contribution in [3.8, 4) is 0 Å². The third-order valence-corrected chi connectivity index (χ3v) is 5.89. The molecule has 28 heavy (non-hydrogen) atoms. The van der Waals surface area contributed by atoms with Gasteiger partial charge >= 0.3 is 0 Å². The lowest BCUT2D eigenvalue weighted by Gasteiger charge is -2.22. The minimum Gasteiger partial charge on any atom is -0.383 e. The highest BCUT2D eigenvalue weighted by molar-refractivity contribution is 6.42. The van der Waals surface area contributed by atoms with Crippen molar-refractivity contribution in [3.05, 3.63) is 57.7 Å². The summed E-state index contributed by atoms with van der Waals surface area (Å²) in [7, 11) is 1.97. The number of likely N-dealkylation sites (N-methyl/N-ethyl adjacent to an activating group) is 1. The Labute approximate surface area is 175 Å². The van der Waals surface area contributed by atoms with E-state index in [1.807, 2.05) is 19.2 Å². The summed E-state index contributed by atoms with van der Waals surface area (Å²) >= 11 is 12.2. The molecule has 0 saturated heterocycles. The predicted molar refractivity (Wildman–Crippen MR) is 121 cm³/mol. The molecule has 1 aliphatic carbocycles. The molecule has 4 rings (SSSR count). The van der Waals surface area contributed by atoms with Crippen LogP contribution in [0.15, 0.2) is 36.4 Å². The number of rotatable bonds is 6. The zero-order valence-corrected chi connectivity index (χ0v) is 17.4. The molecule has 0 fully saturated rings. The van der Waals surface area contributed by atoms with Gasteiger partial charge in [-0.3, -0.25) is 4.98 Å². The maximum absolute atomic E-state index is 6.15. The van der Waals surface area contributed by atoms with Gasteiger partial charge in [-0.1, -0.05) is 23.2 Å². The molecule has 0 spiro atoms. The van der Waals surface area contributed by atoms with Gasteiger partial charge in [0.1, 0.15) is 0 Å². The molecule has 0 bridgehead atoms. The summed E-state index contributed by atoms with van der Waals surface area (Å²) in [5.41, 5.74) is 6.79. The topological polar surface area (TPSA) is 49.0 Å². The first-order valence-corrected chi connectivity index (χ1v) is 10.5. The summed E-state index contributed by atoms with van der Waals surface area (Å²) in [6.45, 7) is 1.80. The Morgan fingerprint density at radius 3 is 2.54 bits per heavy atom. The highest BCUT2D eigenvalue weighted by Gasteiger charge is 2.18. The number of halogens is 2. The third-order valence-electron chi connectivity index (χ3n) is 5.15. The number of hydrogen-bond acceptors (Lipinski definition) is 4. The normalized spacial score (nSPS) is 13.4. The third kappa shape index (κ3) is 4.04. The quantitative estimate of drug-likeness (QED) is 0.446. The zero-order valence-electron chi connectivity index (χ0n) is 15.9. The van der Waals surface area contributed by atoms with Crippen LogP contribution in [0.2, 0.25) is 10.0 Å². The summed E-state index contributed by atoms with van der Waals surface area (Å²) < 4.78 is 0. The lowest BCUT2D eigenvalue weighted by molar-refractivity contribution is 0.671. The van der Waals surface area contributed by atoms with Crippen molar-refractivity contribution in [2.75, 3.05) is 30.8 Å². The lowest BCUT2D eigenvalue weighted by Crippen LogP contribution is -2.19. The molecule has 0 radical (unpaired) electrons. The second-order valence-electron chi connectivity index (χ2n) is 7.14. The van der Waals surface area contributed by atoms with Crippen LogP contribution in [0.1, 0.15) is 24.1 Å². The highest BCUT2D eigenvalue weighted by atomic mass is 35.5. The van der Waals surface area contributed by atoms with Gasteiger partial charge < -0.3 is 16.0 Å². The fourth-order valence-electron chi connectivity index (χ4n) is 3.76. The van der Waals surface area contributed by atoms with Gasteiger partial charge in [-0.05, 0) is 74.7 Å². The number of benzene rings is 2. The van der Waals surface area contributed by atoms with Crippen LogP contribution in [0.4, 0.5) is 17.1 Å². The van der Waals surface area contributed by atoms with Crippen molar-refractivity contribution in [1.29, 1.82) is 0 Å². The molecule has 0 aliphatic heterocycles. The van der Waals surface area contributed by atoms with E-state index in [1.54, 1.807) is 6.07 Å². The first-order valence-electron chi connectivity index (χ1n) is 9.72. The first kappa shape index (κ1) is 19.3. The molecule has 1 heterocycles. The van der Waals surface area contributed by atoms with Crippen LogP contribution in [0.3, 0.4) is 0 Å². The zero-order chi connectivity index (χ0) is 19.5. The standard InChI is InChI=1S/C22H24Cl2N4/c1-25-10-11-26-22-16-4-2-3-5-20(16)28-21-9-7-14(12-17(21)22)27-15-6-8-18(23)19(24)13-15/h6-9,12-13,25,27H,2-5,10-11H2,1H3,(H,26,28). The van der Waals surface area contributed by atoms with Gasteiger partial charge in [-0.2, -0.15) is 0 Å². The van der Waals surface area contributed by atoms with E-state index in [9.17, 15) is 0 Å². The van der Waals surface area contributed by atoms with Gasteiger partial charge in [-0.25, -0.2) is 0 Å². The molecule has 1 aliphatic rings. The molecule has 3 aromatic rings. The van der Waals surface area contributed by atoms with E-state index in [0.717, 1.165) is 48.2 Å². The Balaban J connectivity index is 1.73. The van der Waals surface area contributed by atoms with E-state index in [0.29, 0.717) is 10.0 Å². The molecular weight excluding hydrogens is 391 g/mol. The second kappa shape index (κ2) is 8.56. The first-order chi connectivity index (χ1) is 13.7. The van der Waals surface area contributed by atoms with Gasteiger partial charge in [0, 0.05) is 41.2 Å². The fraction of sp³-hybridized carbons (Fsp3) is 0.318. The summed E-state index contributed by atoms with van der Waals surface area (Å²) in [6.07, 6.45) is 4.60. The van der Waals surface area contributed by atoms with Crippen molar-refractivity contribution in [2.45, 2.75) is 25.7 Å². The van der Waals surface area contributed by atoms with Crippen LogP contribution < -0.4 is 16.0 Å². The van der Waals surface area contributed by atoms with Gasteiger partial charge in [0.2, 0.25) is 0 Å². The number of aromatic nitrogens is 1. The molecule has 3 N–H and O–H groups in total. The molecule has 4 nitrogen and oxygen atoms in total. The Bertz CT molecular complexity index is 1000. The predicted octanol–water partition coefficient (Wildman–Crippen LogP) is 5.80. The Morgan fingerprint density at radius 2 is 1.71 bits per heavy atom. The lowest BCUT2D eigenvalue weighted by atomic mass is 9.92. The van der Waals surface area contributed by atoms with Crippen molar-refractivity contribution >= 4 is 51.2 Å². The number of nitrogens with one attached hydrogen (secondary N) is 3. The Kier molecular flexibility index (Phi) is 5.90. The highest BCUT2D eigenvalue weighted by Crippen LogP contribution is 2.35. The molecule has 1 aromatic heterocycles. The van der Waals surface area contributed by atoms with Crippen molar-refractivity contribution in [1.82, 2.24) is 10.3 Å². The maximum atomic E-state index is 6.15. The van der Waals surface area contributed by atoms with Gasteiger partial charge in [0.25, 0.3) is 0 Å². The summed E-state index contributed by atoms with van der Waals surface area (Å²) in [5.74, 6) is 0. The second-order valence-corrected chi connectivity index (χ2v) is 7.95. The van der Waals surface area contributed by atoms with Crippen LogP contribution in [-0.2, 0) is 12.8 Å². The minimum absolute atomic E-state index is 0.539. The largest absolute Gasteiger partial charge is 0.383 e. The molecular formula is C22H24Cl2N4. The van der Waals surface area contributed by atoms with E-state index in [2.05, 4.69) is 34.1 Å². The van der Waals surface area contributed by atoms with Crippen LogP contribution in [-0.4, -0.2) is 25.1 Å². The van der Waals surface area contributed by atoms with Gasteiger partial charge in [-0.15, -0.1) is 0 Å². The molecule has 0 atom stereocenters. The molecule has 0 amide bonds. The van der Waals surface area contributed by atoms with E-state index < -0.39 is 0 Å². The fourth-order valence-corrected chi connectivity index (χ4v) is 4.05. The summed E-state index contributed by atoms with van der Waals surface area (Å²) in [5, 5.41) is 12.5. The van der Waals surface area contributed by atoms with Crippen LogP contribution >= 0.6 is 23.2 Å². The Hall–Kier alpha value is -2.01. The maximum Gasteiger partial charge on any atom is 0.0727 e. The number of fused-ring (bicyclic) bond motifs is 2. The van der Waals surface area contributed by atoms with Crippen LogP contribution in [0, 0.1) is 0 Å². The molecule has 2 aromatic carbocycles. The van der Waals surface area contributed by atoms with Crippen molar-refractivity contribution < 1.29 is 0 Å². The minimum atomic E-state index is 0.539. The molecule has 0 saturated carbocycles. The van der Waals surface area contributed by atoms with Crippen LogP contribution in [0.5, 0.6) is 0 Å². The SMILES string of the molecule is CNCCNc1c2c(nc3ccc(Nc4ccc(Cl)c(Cl)c4)cc13)CCCC2. The monoisotopic (exact) mass is 414 g/mol. The van der Waals surface area contributed by atoms with E-state index in [1.165, 1.54) is 29.8 Å². The molecule has 6 heteroatoms. The summed E-state index contributed by atoms with van der Waals surface area (Å²) in [6, 6.07) is 11.9. The van der Waals surface area contributed by atoms with Gasteiger partial charge in [0.15, 0.2) is 0 Å². The van der Waals surface area contributed by atoms with Crippen LogP contribution in [0.25, 0.3) is 10.9 Å². The number of hydrogen-bond donors (Lipinski definition) is 3. The van der Waals surface area contributed by atoms with Gasteiger partial charge in [0.05, 0.1) is 15.6 Å². The van der Waals surface area contributed by atoms with E-state index in [4.69, 9.17) is 28.2 Å². The Morgan fingerprint density at radius 1 is 0.929 bits per heavy atom. The number of nitrogens with zero attached hydrogens (tertiary/aromatic N) is 1. The van der Waals surface area contributed by atoms with Crippen molar-refractivity contribution in [3.63, 3.8) is 0 Å². The van der Waals surface area contributed by atoms with E-state index in [-0.39, 0.29) is 0 Å². The molecule has 0 unspecified atom stereocenters. The molecule has 146 valence electrons.